The van der Waals surface area contributed by atoms with Gasteiger partial charge in [-0.1, -0.05) is 0 Å². The smallest absolute Gasteiger partial charge is 0.304 e. The highest BCUT2D eigenvalue weighted by Gasteiger charge is 2.17. The number of hydrogen-bond donors (Lipinski definition) is 1. The molecule has 0 saturated carbocycles. The van der Waals surface area contributed by atoms with E-state index in [-0.39, 0.29) is 6.42 Å². The van der Waals surface area contributed by atoms with E-state index < -0.39 is 5.97 Å². The van der Waals surface area contributed by atoms with Gasteiger partial charge < -0.3 is 10.0 Å². The first-order chi connectivity index (χ1) is 8.74. The minimum atomic E-state index is -0.714. The first kappa shape index (κ1) is 13.0. The highest BCUT2D eigenvalue weighted by Crippen LogP contribution is 2.07. The summed E-state index contributed by atoms with van der Waals surface area (Å²) < 4.78 is 0. The molecule has 0 aliphatic carbocycles. The molecule has 0 unspecified atom stereocenters. The fraction of sp³-hybridized carbons (Fsp3) is 0.538. The molecule has 98 valence electrons. The third kappa shape index (κ3) is 4.09. The zero-order valence-electron chi connectivity index (χ0n) is 10.5. The topological polar surface area (TPSA) is 56.7 Å². The third-order valence-electron chi connectivity index (χ3n) is 3.26. The number of rotatable bonds is 5. The van der Waals surface area contributed by atoms with E-state index in [1.165, 1.54) is 5.56 Å². The number of aromatic nitrogens is 1. The van der Waals surface area contributed by atoms with Gasteiger partial charge in [0.2, 0.25) is 0 Å². The normalized spacial score (nSPS) is 17.8. The number of hydrogen-bond acceptors (Lipinski definition) is 4. The number of pyridine rings is 1. The van der Waals surface area contributed by atoms with Gasteiger partial charge in [0, 0.05) is 51.7 Å². The van der Waals surface area contributed by atoms with Crippen molar-refractivity contribution < 1.29 is 9.90 Å². The minimum absolute atomic E-state index is 0.240. The van der Waals surface area contributed by atoms with Crippen molar-refractivity contribution in [2.24, 2.45) is 0 Å². The van der Waals surface area contributed by atoms with Gasteiger partial charge in [-0.3, -0.25) is 14.7 Å². The average molecular weight is 249 g/mol. The maximum absolute atomic E-state index is 10.5. The van der Waals surface area contributed by atoms with Gasteiger partial charge in [0.15, 0.2) is 0 Å². The summed E-state index contributed by atoms with van der Waals surface area (Å²) in [6.07, 6.45) is 3.88. The van der Waals surface area contributed by atoms with Crippen molar-refractivity contribution in [3.63, 3.8) is 0 Å². The van der Waals surface area contributed by atoms with Crippen LogP contribution >= 0.6 is 0 Å². The molecule has 0 radical (unpaired) electrons. The summed E-state index contributed by atoms with van der Waals surface area (Å²) in [5, 5.41) is 8.65. The Morgan fingerprint density at radius 1 is 1.17 bits per heavy atom. The van der Waals surface area contributed by atoms with E-state index in [0.717, 1.165) is 32.7 Å². The summed E-state index contributed by atoms with van der Waals surface area (Å²) in [6.45, 7) is 5.54. The van der Waals surface area contributed by atoms with Crippen molar-refractivity contribution >= 4 is 5.97 Å². The second-order valence-corrected chi connectivity index (χ2v) is 4.62. The number of piperazine rings is 1. The SMILES string of the molecule is O=C(O)CCN1CCN(Cc2ccncc2)CC1. The van der Waals surface area contributed by atoms with Crippen LogP contribution in [-0.4, -0.2) is 58.6 Å². The number of carboxylic acid groups (broad SMARTS) is 1. The molecule has 1 aromatic rings. The van der Waals surface area contributed by atoms with Crippen LogP contribution in [0, 0.1) is 0 Å². The molecule has 18 heavy (non-hydrogen) atoms. The monoisotopic (exact) mass is 249 g/mol. The quantitative estimate of drug-likeness (QED) is 0.831. The van der Waals surface area contributed by atoms with Crippen molar-refractivity contribution in [3.8, 4) is 0 Å². The molecule has 1 N–H and O–H groups in total. The van der Waals surface area contributed by atoms with E-state index in [4.69, 9.17) is 5.11 Å². The van der Waals surface area contributed by atoms with Crippen LogP contribution in [0.2, 0.25) is 0 Å². The molecule has 1 aliphatic heterocycles. The van der Waals surface area contributed by atoms with Crippen LogP contribution in [-0.2, 0) is 11.3 Å². The molecule has 0 aromatic carbocycles. The second-order valence-electron chi connectivity index (χ2n) is 4.62. The van der Waals surface area contributed by atoms with Crippen molar-refractivity contribution in [2.45, 2.75) is 13.0 Å². The van der Waals surface area contributed by atoms with Gasteiger partial charge in [-0.05, 0) is 17.7 Å². The molecule has 5 heteroatoms. The maximum Gasteiger partial charge on any atom is 0.304 e. The van der Waals surface area contributed by atoms with Crippen LogP contribution in [0.25, 0.3) is 0 Å². The first-order valence-electron chi connectivity index (χ1n) is 6.29. The van der Waals surface area contributed by atoms with Crippen LogP contribution in [0.1, 0.15) is 12.0 Å². The molecule has 1 aromatic heterocycles. The van der Waals surface area contributed by atoms with Gasteiger partial charge in [0.1, 0.15) is 0 Å². The zero-order chi connectivity index (χ0) is 12.8. The standard InChI is InChI=1S/C13H19N3O2/c17-13(18)3-6-15-7-9-16(10-8-15)11-12-1-4-14-5-2-12/h1-2,4-5H,3,6-11H2,(H,17,18). The van der Waals surface area contributed by atoms with E-state index in [9.17, 15) is 4.79 Å². The summed E-state index contributed by atoms with van der Waals surface area (Å²) >= 11 is 0. The van der Waals surface area contributed by atoms with Gasteiger partial charge in [-0.25, -0.2) is 0 Å². The number of carboxylic acids is 1. The van der Waals surface area contributed by atoms with Gasteiger partial charge in [0.05, 0.1) is 6.42 Å². The fourth-order valence-electron chi connectivity index (χ4n) is 2.17. The molecular formula is C13H19N3O2. The highest BCUT2D eigenvalue weighted by molar-refractivity contribution is 5.66. The fourth-order valence-corrected chi connectivity index (χ4v) is 2.17. The summed E-state index contributed by atoms with van der Waals surface area (Å²) in [5.41, 5.74) is 1.28. The molecular weight excluding hydrogens is 230 g/mol. The molecule has 1 fully saturated rings. The molecule has 0 bridgehead atoms. The summed E-state index contributed by atoms with van der Waals surface area (Å²) in [5.74, 6) is -0.714. The Morgan fingerprint density at radius 2 is 1.78 bits per heavy atom. The lowest BCUT2D eigenvalue weighted by atomic mass is 10.2. The Labute approximate surface area is 107 Å². The molecule has 1 saturated heterocycles. The van der Waals surface area contributed by atoms with Crippen LogP contribution in [0.3, 0.4) is 0 Å². The predicted molar refractivity (Wildman–Crippen MR) is 68.2 cm³/mol. The number of aliphatic carboxylic acids is 1. The van der Waals surface area contributed by atoms with E-state index in [2.05, 4.69) is 14.8 Å². The largest absolute Gasteiger partial charge is 0.481 e. The lowest BCUT2D eigenvalue weighted by Gasteiger charge is -2.34. The lowest BCUT2D eigenvalue weighted by Crippen LogP contribution is -2.46. The maximum atomic E-state index is 10.5. The van der Waals surface area contributed by atoms with Crippen molar-refractivity contribution in [1.29, 1.82) is 0 Å². The highest BCUT2D eigenvalue weighted by atomic mass is 16.4. The molecule has 0 amide bonds. The van der Waals surface area contributed by atoms with Gasteiger partial charge >= 0.3 is 5.97 Å². The van der Waals surface area contributed by atoms with Crippen LogP contribution < -0.4 is 0 Å². The van der Waals surface area contributed by atoms with E-state index >= 15 is 0 Å². The van der Waals surface area contributed by atoms with Crippen LogP contribution in [0.5, 0.6) is 0 Å². The Bertz CT molecular complexity index is 375. The summed E-state index contributed by atoms with van der Waals surface area (Å²) in [6, 6.07) is 4.08. The van der Waals surface area contributed by atoms with E-state index in [1.54, 1.807) is 0 Å². The molecule has 0 atom stereocenters. The second kappa shape index (κ2) is 6.47. The van der Waals surface area contributed by atoms with E-state index in [0.29, 0.717) is 6.54 Å². The van der Waals surface area contributed by atoms with Crippen LogP contribution in [0.15, 0.2) is 24.5 Å². The van der Waals surface area contributed by atoms with Gasteiger partial charge in [0.25, 0.3) is 0 Å². The molecule has 5 nitrogen and oxygen atoms in total. The molecule has 2 rings (SSSR count). The Morgan fingerprint density at radius 3 is 2.39 bits per heavy atom. The number of nitrogens with zero attached hydrogens (tertiary/aromatic N) is 3. The third-order valence-corrected chi connectivity index (χ3v) is 3.26. The lowest BCUT2D eigenvalue weighted by molar-refractivity contribution is -0.137. The Balaban J connectivity index is 1.72. The van der Waals surface area contributed by atoms with E-state index in [1.807, 2.05) is 24.5 Å². The molecule has 2 heterocycles. The summed E-state index contributed by atoms with van der Waals surface area (Å²) in [4.78, 5) is 19.1. The van der Waals surface area contributed by atoms with Crippen molar-refractivity contribution in [3.05, 3.63) is 30.1 Å². The van der Waals surface area contributed by atoms with Crippen molar-refractivity contribution in [2.75, 3.05) is 32.7 Å². The molecule has 1 aliphatic rings. The predicted octanol–water partition coefficient (Wildman–Crippen LogP) is 0.674. The first-order valence-corrected chi connectivity index (χ1v) is 6.29. The van der Waals surface area contributed by atoms with Crippen LogP contribution in [0.4, 0.5) is 0 Å². The van der Waals surface area contributed by atoms with Gasteiger partial charge in [-0.2, -0.15) is 0 Å². The molecule has 0 spiro atoms. The Hall–Kier alpha value is -1.46. The minimum Gasteiger partial charge on any atom is -0.481 e. The average Bonchev–Trinajstić information content (AvgIpc) is 2.39. The van der Waals surface area contributed by atoms with Gasteiger partial charge in [-0.15, -0.1) is 0 Å². The Kier molecular flexibility index (Phi) is 4.66. The zero-order valence-corrected chi connectivity index (χ0v) is 10.5. The number of carbonyl (C=O) groups is 1. The van der Waals surface area contributed by atoms with Crippen molar-refractivity contribution in [1.82, 2.24) is 14.8 Å². The summed E-state index contributed by atoms with van der Waals surface area (Å²) in [7, 11) is 0.